The van der Waals surface area contributed by atoms with Gasteiger partial charge in [0.25, 0.3) is 0 Å². The van der Waals surface area contributed by atoms with E-state index in [4.69, 9.17) is 9.47 Å². The number of nitrogens with zero attached hydrogens (tertiary/aromatic N) is 3. The summed E-state index contributed by atoms with van der Waals surface area (Å²) < 4.78 is 25.3. The standard InChI is InChI=1S/C26H36FN3O2/c1-3-32-20-22-17-21(10-11-26(22)31-2)18-28-12-6-7-23(19-28)29-13-15-30(16-14-29)25-9-5-4-8-24(25)27/h4-5,8-11,17,23H,3,6-7,12-16,18-20H2,1-2H3/t23-/m1/s1. The maximum atomic E-state index is 14.2. The van der Waals surface area contributed by atoms with Crippen LogP contribution in [0.2, 0.25) is 0 Å². The molecule has 0 spiro atoms. The van der Waals surface area contributed by atoms with E-state index in [1.54, 1.807) is 19.2 Å². The van der Waals surface area contributed by atoms with Crippen molar-refractivity contribution in [2.75, 3.05) is 57.9 Å². The second-order valence-electron chi connectivity index (χ2n) is 8.79. The van der Waals surface area contributed by atoms with Crippen molar-refractivity contribution in [3.05, 3.63) is 59.4 Å². The van der Waals surface area contributed by atoms with Gasteiger partial charge in [-0.1, -0.05) is 18.2 Å². The van der Waals surface area contributed by atoms with Crippen molar-refractivity contribution in [2.45, 2.75) is 39.0 Å². The predicted molar refractivity (Wildman–Crippen MR) is 127 cm³/mol. The molecule has 0 amide bonds. The van der Waals surface area contributed by atoms with Crippen LogP contribution in [-0.4, -0.2) is 68.8 Å². The van der Waals surface area contributed by atoms with Gasteiger partial charge in [-0.05, 0) is 56.1 Å². The molecule has 0 radical (unpaired) electrons. The fourth-order valence-corrected chi connectivity index (χ4v) is 5.02. The molecule has 2 aliphatic rings. The molecule has 1 atom stereocenters. The first-order valence-electron chi connectivity index (χ1n) is 11.9. The molecule has 0 saturated carbocycles. The zero-order chi connectivity index (χ0) is 22.3. The van der Waals surface area contributed by atoms with Crippen LogP contribution in [0.3, 0.4) is 0 Å². The van der Waals surface area contributed by atoms with Gasteiger partial charge in [-0.25, -0.2) is 4.39 Å². The van der Waals surface area contributed by atoms with E-state index < -0.39 is 0 Å². The first-order chi connectivity index (χ1) is 15.7. The van der Waals surface area contributed by atoms with Gasteiger partial charge in [-0.2, -0.15) is 0 Å². The molecule has 2 aromatic carbocycles. The van der Waals surface area contributed by atoms with Gasteiger partial charge in [-0.15, -0.1) is 0 Å². The highest BCUT2D eigenvalue weighted by Crippen LogP contribution is 2.25. The highest BCUT2D eigenvalue weighted by atomic mass is 19.1. The molecule has 2 aliphatic heterocycles. The summed E-state index contributed by atoms with van der Waals surface area (Å²) in [7, 11) is 1.71. The first kappa shape index (κ1) is 23.0. The van der Waals surface area contributed by atoms with Crippen LogP contribution in [0.15, 0.2) is 42.5 Å². The number of piperidine rings is 1. The van der Waals surface area contributed by atoms with Crippen molar-refractivity contribution in [1.29, 1.82) is 0 Å². The number of halogens is 1. The second kappa shape index (κ2) is 11.1. The van der Waals surface area contributed by atoms with Gasteiger partial charge in [-0.3, -0.25) is 9.80 Å². The van der Waals surface area contributed by atoms with Gasteiger partial charge in [0.05, 0.1) is 19.4 Å². The summed E-state index contributed by atoms with van der Waals surface area (Å²) in [6.45, 7) is 10.2. The highest BCUT2D eigenvalue weighted by molar-refractivity contribution is 5.48. The summed E-state index contributed by atoms with van der Waals surface area (Å²) in [6, 6.07) is 14.2. The lowest BCUT2D eigenvalue weighted by Crippen LogP contribution is -2.55. The molecule has 2 aromatic rings. The number of ether oxygens (including phenoxy) is 2. The third-order valence-corrected chi connectivity index (χ3v) is 6.72. The van der Waals surface area contributed by atoms with Crippen molar-refractivity contribution in [3.63, 3.8) is 0 Å². The zero-order valence-electron chi connectivity index (χ0n) is 19.4. The van der Waals surface area contributed by atoms with Crippen molar-refractivity contribution in [2.24, 2.45) is 0 Å². The number of likely N-dealkylation sites (tertiary alicyclic amines) is 1. The second-order valence-corrected chi connectivity index (χ2v) is 8.79. The van der Waals surface area contributed by atoms with Gasteiger partial charge in [0, 0.05) is 57.5 Å². The van der Waals surface area contributed by atoms with Crippen LogP contribution in [0.4, 0.5) is 10.1 Å². The fraction of sp³-hybridized carbons (Fsp3) is 0.538. The lowest BCUT2D eigenvalue weighted by molar-refractivity contribution is 0.0885. The van der Waals surface area contributed by atoms with Crippen LogP contribution in [-0.2, 0) is 17.9 Å². The number of anilines is 1. The Bertz CT molecular complexity index is 870. The topological polar surface area (TPSA) is 28.2 Å². The average Bonchev–Trinajstić information content (AvgIpc) is 2.83. The minimum Gasteiger partial charge on any atom is -0.496 e. The van der Waals surface area contributed by atoms with Crippen molar-refractivity contribution >= 4 is 5.69 Å². The number of hydrogen-bond donors (Lipinski definition) is 0. The molecule has 2 saturated heterocycles. The molecule has 2 fully saturated rings. The minimum absolute atomic E-state index is 0.118. The molecule has 5 nitrogen and oxygen atoms in total. The van der Waals surface area contributed by atoms with Gasteiger partial charge >= 0.3 is 0 Å². The van der Waals surface area contributed by atoms with E-state index >= 15 is 0 Å². The lowest BCUT2D eigenvalue weighted by atomic mass is 10.0. The van der Waals surface area contributed by atoms with Crippen LogP contribution in [0, 0.1) is 5.82 Å². The lowest BCUT2D eigenvalue weighted by Gasteiger charge is -2.44. The van der Waals surface area contributed by atoms with E-state index in [0.717, 1.165) is 62.8 Å². The molecular formula is C26H36FN3O2. The van der Waals surface area contributed by atoms with Crippen LogP contribution < -0.4 is 9.64 Å². The third-order valence-electron chi connectivity index (χ3n) is 6.72. The maximum Gasteiger partial charge on any atom is 0.146 e. The van der Waals surface area contributed by atoms with E-state index in [-0.39, 0.29) is 5.82 Å². The minimum atomic E-state index is -0.118. The van der Waals surface area contributed by atoms with Crippen LogP contribution >= 0.6 is 0 Å². The van der Waals surface area contributed by atoms with Crippen molar-refractivity contribution < 1.29 is 13.9 Å². The van der Waals surface area contributed by atoms with E-state index in [9.17, 15) is 4.39 Å². The summed E-state index contributed by atoms with van der Waals surface area (Å²) in [6.07, 6.45) is 2.47. The molecule has 0 aromatic heterocycles. The summed E-state index contributed by atoms with van der Waals surface area (Å²) in [4.78, 5) is 7.37. The molecule has 2 heterocycles. The molecule has 32 heavy (non-hydrogen) atoms. The smallest absolute Gasteiger partial charge is 0.146 e. The number of rotatable bonds is 8. The molecule has 0 N–H and O–H groups in total. The van der Waals surface area contributed by atoms with E-state index in [1.807, 2.05) is 19.1 Å². The Hall–Kier alpha value is -2.15. The number of benzene rings is 2. The average molecular weight is 442 g/mol. The van der Waals surface area contributed by atoms with Crippen LogP contribution in [0.1, 0.15) is 30.9 Å². The molecule has 6 heteroatoms. The van der Waals surface area contributed by atoms with E-state index in [2.05, 4.69) is 32.9 Å². The molecule has 0 unspecified atom stereocenters. The number of piperazine rings is 1. The molecule has 174 valence electrons. The van der Waals surface area contributed by atoms with Crippen molar-refractivity contribution in [1.82, 2.24) is 9.80 Å². The predicted octanol–water partition coefficient (Wildman–Crippen LogP) is 4.16. The number of methoxy groups -OCH3 is 1. The van der Waals surface area contributed by atoms with Crippen molar-refractivity contribution in [3.8, 4) is 5.75 Å². The Balaban J connectivity index is 1.33. The summed E-state index contributed by atoms with van der Waals surface area (Å²) in [5, 5.41) is 0. The summed E-state index contributed by atoms with van der Waals surface area (Å²) in [5.41, 5.74) is 3.16. The highest BCUT2D eigenvalue weighted by Gasteiger charge is 2.28. The third kappa shape index (κ3) is 5.61. The van der Waals surface area contributed by atoms with Crippen LogP contribution in [0.5, 0.6) is 5.75 Å². The SMILES string of the molecule is CCOCc1cc(CN2CCC[C@@H](N3CCN(c4ccccc4F)CC3)C2)ccc1OC. The Labute approximate surface area is 191 Å². The first-order valence-corrected chi connectivity index (χ1v) is 11.9. The summed E-state index contributed by atoms with van der Waals surface area (Å²) in [5.74, 6) is 0.777. The molecule has 4 rings (SSSR count). The Kier molecular flexibility index (Phi) is 8.00. The number of para-hydroxylation sites is 1. The molecule has 0 bridgehead atoms. The van der Waals surface area contributed by atoms with E-state index in [1.165, 1.54) is 18.4 Å². The van der Waals surface area contributed by atoms with Gasteiger partial charge in [0.15, 0.2) is 0 Å². The Morgan fingerprint density at radius 2 is 1.84 bits per heavy atom. The van der Waals surface area contributed by atoms with Gasteiger partial charge < -0.3 is 14.4 Å². The normalized spacial score (nSPS) is 20.5. The Morgan fingerprint density at radius 1 is 1.03 bits per heavy atom. The largest absolute Gasteiger partial charge is 0.496 e. The molecular weight excluding hydrogens is 405 g/mol. The number of hydrogen-bond acceptors (Lipinski definition) is 5. The van der Waals surface area contributed by atoms with Gasteiger partial charge in [0.2, 0.25) is 0 Å². The van der Waals surface area contributed by atoms with Gasteiger partial charge in [0.1, 0.15) is 11.6 Å². The zero-order valence-corrected chi connectivity index (χ0v) is 19.4. The quantitative estimate of drug-likeness (QED) is 0.614. The fourth-order valence-electron chi connectivity index (χ4n) is 5.02. The van der Waals surface area contributed by atoms with E-state index in [0.29, 0.717) is 19.3 Å². The monoisotopic (exact) mass is 441 g/mol. The molecule has 0 aliphatic carbocycles. The maximum absolute atomic E-state index is 14.2. The summed E-state index contributed by atoms with van der Waals surface area (Å²) >= 11 is 0. The Morgan fingerprint density at radius 3 is 2.59 bits per heavy atom. The van der Waals surface area contributed by atoms with Crippen LogP contribution in [0.25, 0.3) is 0 Å².